The monoisotopic (exact) mass is 175 g/mol. The average Bonchev–Trinajstić information content (AvgIpc) is 1.90. The average molecular weight is 175 g/mol. The third-order valence-electron chi connectivity index (χ3n) is 1.55. The lowest BCUT2D eigenvalue weighted by Gasteiger charge is -2.24. The molecule has 1 rings (SSSR count). The molecule has 0 unspecified atom stereocenters. The highest BCUT2D eigenvalue weighted by Crippen LogP contribution is 1.93. The maximum Gasteiger partial charge on any atom is 0.0594 e. The Balaban J connectivity index is -0.000000213. The van der Waals surface area contributed by atoms with Gasteiger partial charge >= 0.3 is 0 Å². The van der Waals surface area contributed by atoms with Gasteiger partial charge in [0.15, 0.2) is 0 Å². The summed E-state index contributed by atoms with van der Waals surface area (Å²) in [6, 6.07) is 0. The number of hydrogen-bond donors (Lipinski definition) is 0. The van der Waals surface area contributed by atoms with Crippen LogP contribution >= 0.6 is 0 Å². The van der Waals surface area contributed by atoms with Gasteiger partial charge in [0.25, 0.3) is 0 Å². The summed E-state index contributed by atoms with van der Waals surface area (Å²) in [5, 5.41) is 0. The number of morpholine rings is 1. The first-order chi connectivity index (χ1) is 3.93. The summed E-state index contributed by atoms with van der Waals surface area (Å²) < 4.78 is 5.16. The lowest BCUT2D eigenvalue weighted by Crippen LogP contribution is -2.35. The third kappa shape index (κ3) is 6.12. The lowest BCUT2D eigenvalue weighted by molar-refractivity contribution is 0.0405. The van der Waals surface area contributed by atoms with Gasteiger partial charge in [0.05, 0.1) is 13.2 Å². The van der Waals surface area contributed by atoms with Crippen LogP contribution in [0.4, 0.5) is 14.1 Å². The van der Waals surface area contributed by atoms with Gasteiger partial charge in [0, 0.05) is 13.1 Å². The number of hydrogen-bond acceptors (Lipinski definition) is 2. The predicted octanol–water partition coefficient (Wildman–Crippen LogP) is 0.796. The van der Waals surface area contributed by atoms with E-state index >= 15 is 0 Å². The number of ether oxygens (including phenoxy) is 1. The number of likely N-dealkylation sites (N-methyl/N-ethyl adjacent to an activating group) is 1. The molecule has 2 nitrogen and oxygen atoms in total. The zero-order valence-corrected chi connectivity index (χ0v) is 6.62. The summed E-state index contributed by atoms with van der Waals surface area (Å²) in [6.45, 7) is 7.45. The van der Waals surface area contributed by atoms with Crippen molar-refractivity contribution in [1.82, 2.24) is 4.90 Å². The molecule has 0 aromatic rings. The molecule has 1 saturated heterocycles. The molecule has 0 spiro atoms. The highest BCUT2D eigenvalue weighted by atomic mass is 19.0. The van der Waals surface area contributed by atoms with Gasteiger partial charge in [0.1, 0.15) is 0 Å². The molecule has 0 aromatic carbocycles. The molecular formula is C6H16F3NO. The van der Waals surface area contributed by atoms with Crippen molar-refractivity contribution in [1.29, 1.82) is 0 Å². The first-order valence-electron chi connectivity index (χ1n) is 3.23. The summed E-state index contributed by atoms with van der Waals surface area (Å²) in [6.07, 6.45) is 0. The van der Waals surface area contributed by atoms with E-state index in [9.17, 15) is 0 Å². The molecule has 0 N–H and O–H groups in total. The predicted molar refractivity (Wildman–Crippen MR) is 40.4 cm³/mol. The SMILES string of the molecule is CCN1CCOCC1.F.F.F. The number of nitrogens with zero attached hydrogens (tertiary/aromatic N) is 1. The lowest BCUT2D eigenvalue weighted by atomic mass is 10.4. The van der Waals surface area contributed by atoms with E-state index < -0.39 is 0 Å². The number of halogens is 3. The number of rotatable bonds is 1. The standard InChI is InChI=1S/C6H13NO.3FH/c1-2-7-3-5-8-6-4-7;;;/h2-6H2,1H3;3*1H. The maximum absolute atomic E-state index is 5.16. The molecule has 0 amide bonds. The van der Waals surface area contributed by atoms with Crippen LogP contribution in [0.15, 0.2) is 0 Å². The summed E-state index contributed by atoms with van der Waals surface area (Å²) in [5.74, 6) is 0. The van der Waals surface area contributed by atoms with E-state index in [1.165, 1.54) is 6.54 Å². The largest absolute Gasteiger partial charge is 0.379 e. The van der Waals surface area contributed by atoms with Crippen molar-refractivity contribution in [3.8, 4) is 0 Å². The van der Waals surface area contributed by atoms with E-state index in [1.807, 2.05) is 0 Å². The van der Waals surface area contributed by atoms with Crippen LogP contribution in [0.5, 0.6) is 0 Å². The van der Waals surface area contributed by atoms with Crippen molar-refractivity contribution >= 4 is 0 Å². The van der Waals surface area contributed by atoms with E-state index in [-0.39, 0.29) is 14.1 Å². The molecule has 0 bridgehead atoms. The first kappa shape index (κ1) is 17.0. The minimum Gasteiger partial charge on any atom is -0.379 e. The van der Waals surface area contributed by atoms with Gasteiger partial charge in [-0.15, -0.1) is 0 Å². The molecule has 0 radical (unpaired) electrons. The van der Waals surface area contributed by atoms with E-state index in [0.29, 0.717) is 0 Å². The van der Waals surface area contributed by atoms with Crippen molar-refractivity contribution in [3.63, 3.8) is 0 Å². The highest BCUT2D eigenvalue weighted by Gasteiger charge is 2.05. The summed E-state index contributed by atoms with van der Waals surface area (Å²) in [7, 11) is 0. The van der Waals surface area contributed by atoms with Gasteiger partial charge in [-0.1, -0.05) is 6.92 Å². The van der Waals surface area contributed by atoms with Crippen molar-refractivity contribution in [2.45, 2.75) is 6.92 Å². The maximum atomic E-state index is 5.16. The summed E-state index contributed by atoms with van der Waals surface area (Å²) in [4.78, 5) is 2.39. The molecule has 0 atom stereocenters. The molecule has 0 aliphatic carbocycles. The fraction of sp³-hybridized carbons (Fsp3) is 1.00. The van der Waals surface area contributed by atoms with Gasteiger partial charge in [-0.25, -0.2) is 0 Å². The Morgan fingerprint density at radius 1 is 1.09 bits per heavy atom. The Kier molecular flexibility index (Phi) is 15.0. The van der Waals surface area contributed by atoms with Gasteiger partial charge < -0.3 is 4.74 Å². The Hall–Kier alpha value is -0.290. The van der Waals surface area contributed by atoms with Crippen LogP contribution in [0.2, 0.25) is 0 Å². The topological polar surface area (TPSA) is 12.5 Å². The molecule has 1 fully saturated rings. The molecule has 0 saturated carbocycles. The van der Waals surface area contributed by atoms with Crippen molar-refractivity contribution in [2.24, 2.45) is 0 Å². The van der Waals surface area contributed by atoms with Crippen LogP contribution in [0.25, 0.3) is 0 Å². The quantitative estimate of drug-likeness (QED) is 0.584. The Morgan fingerprint density at radius 3 is 1.82 bits per heavy atom. The van der Waals surface area contributed by atoms with Crippen molar-refractivity contribution in [3.05, 3.63) is 0 Å². The normalized spacial score (nSPS) is 17.2. The van der Waals surface area contributed by atoms with E-state index in [2.05, 4.69) is 11.8 Å². The molecule has 5 heteroatoms. The summed E-state index contributed by atoms with van der Waals surface area (Å²) >= 11 is 0. The van der Waals surface area contributed by atoms with Crippen LogP contribution in [-0.2, 0) is 4.74 Å². The highest BCUT2D eigenvalue weighted by molar-refractivity contribution is 4.57. The molecule has 1 aliphatic rings. The zero-order valence-electron chi connectivity index (χ0n) is 6.62. The molecule has 11 heavy (non-hydrogen) atoms. The second-order valence-electron chi connectivity index (χ2n) is 2.05. The first-order valence-corrected chi connectivity index (χ1v) is 3.23. The molecule has 1 aliphatic heterocycles. The fourth-order valence-electron chi connectivity index (χ4n) is 0.917. The second kappa shape index (κ2) is 9.71. The van der Waals surface area contributed by atoms with Crippen LogP contribution in [-0.4, -0.2) is 37.7 Å². The smallest absolute Gasteiger partial charge is 0.0594 e. The van der Waals surface area contributed by atoms with E-state index in [1.54, 1.807) is 0 Å². The van der Waals surface area contributed by atoms with Gasteiger partial charge in [-0.3, -0.25) is 19.0 Å². The second-order valence-corrected chi connectivity index (χ2v) is 2.05. The van der Waals surface area contributed by atoms with Gasteiger partial charge in [0.2, 0.25) is 0 Å². The van der Waals surface area contributed by atoms with Crippen molar-refractivity contribution in [2.75, 3.05) is 32.8 Å². The molecule has 0 aromatic heterocycles. The van der Waals surface area contributed by atoms with Crippen LogP contribution in [0, 0.1) is 0 Å². The van der Waals surface area contributed by atoms with E-state index in [4.69, 9.17) is 4.74 Å². The third-order valence-corrected chi connectivity index (χ3v) is 1.55. The van der Waals surface area contributed by atoms with Crippen molar-refractivity contribution < 1.29 is 18.9 Å². The molecular weight excluding hydrogens is 159 g/mol. The molecule has 72 valence electrons. The van der Waals surface area contributed by atoms with Crippen LogP contribution < -0.4 is 0 Å². The fourth-order valence-corrected chi connectivity index (χ4v) is 0.917. The molecule has 1 heterocycles. The zero-order chi connectivity index (χ0) is 5.82. The Labute approximate surface area is 64.6 Å². The minimum atomic E-state index is 0. The summed E-state index contributed by atoms with van der Waals surface area (Å²) in [5.41, 5.74) is 0. The van der Waals surface area contributed by atoms with Gasteiger partial charge in [-0.05, 0) is 6.54 Å². The van der Waals surface area contributed by atoms with Crippen LogP contribution in [0.1, 0.15) is 6.92 Å². The van der Waals surface area contributed by atoms with E-state index in [0.717, 1.165) is 26.3 Å². The van der Waals surface area contributed by atoms with Gasteiger partial charge in [-0.2, -0.15) is 0 Å². The Morgan fingerprint density at radius 2 is 1.55 bits per heavy atom. The Bertz CT molecular complexity index is 68.8. The minimum absolute atomic E-state index is 0. The van der Waals surface area contributed by atoms with Crippen LogP contribution in [0.3, 0.4) is 0 Å².